The van der Waals surface area contributed by atoms with Gasteiger partial charge in [0.1, 0.15) is 5.82 Å². The minimum Gasteiger partial charge on any atom is -0.478 e. The lowest BCUT2D eigenvalue weighted by Crippen LogP contribution is -2.03. The SMILES string of the molecule is O=C(O)c1cc(-n2cc(C3CC3)[nH]c2=S)ccc1F. The van der Waals surface area contributed by atoms with Crippen LogP contribution in [0.25, 0.3) is 5.69 Å². The fourth-order valence-electron chi connectivity index (χ4n) is 2.03. The highest BCUT2D eigenvalue weighted by atomic mass is 32.1. The predicted octanol–water partition coefficient (Wildman–Crippen LogP) is 3.25. The van der Waals surface area contributed by atoms with Crippen LogP contribution in [-0.2, 0) is 0 Å². The highest BCUT2D eigenvalue weighted by Gasteiger charge is 2.25. The fourth-order valence-corrected chi connectivity index (χ4v) is 2.31. The first-order chi connectivity index (χ1) is 9.06. The number of aromatic amines is 1. The fraction of sp³-hybridized carbons (Fsp3) is 0.231. The highest BCUT2D eigenvalue weighted by Crippen LogP contribution is 2.39. The van der Waals surface area contributed by atoms with Gasteiger partial charge in [0.2, 0.25) is 0 Å². The van der Waals surface area contributed by atoms with Gasteiger partial charge in [-0.2, -0.15) is 0 Å². The monoisotopic (exact) mass is 278 g/mol. The van der Waals surface area contributed by atoms with Crippen LogP contribution in [0.4, 0.5) is 4.39 Å². The molecule has 4 nitrogen and oxygen atoms in total. The number of aromatic carboxylic acids is 1. The maximum absolute atomic E-state index is 13.4. The Morgan fingerprint density at radius 2 is 2.21 bits per heavy atom. The number of halogens is 1. The minimum absolute atomic E-state index is 0.353. The van der Waals surface area contributed by atoms with Crippen molar-refractivity contribution in [1.82, 2.24) is 9.55 Å². The van der Waals surface area contributed by atoms with E-state index in [1.807, 2.05) is 6.20 Å². The number of benzene rings is 1. The Hall–Kier alpha value is -1.95. The van der Waals surface area contributed by atoms with E-state index in [1.165, 1.54) is 12.1 Å². The molecule has 1 aliphatic rings. The van der Waals surface area contributed by atoms with Crippen molar-refractivity contribution in [2.24, 2.45) is 0 Å². The number of hydrogen-bond donors (Lipinski definition) is 2. The van der Waals surface area contributed by atoms with Gasteiger partial charge in [-0.25, -0.2) is 9.18 Å². The van der Waals surface area contributed by atoms with Crippen molar-refractivity contribution in [2.75, 3.05) is 0 Å². The maximum atomic E-state index is 13.4. The van der Waals surface area contributed by atoms with E-state index in [-0.39, 0.29) is 5.56 Å². The third-order valence-corrected chi connectivity index (χ3v) is 3.51. The van der Waals surface area contributed by atoms with E-state index in [9.17, 15) is 9.18 Å². The summed E-state index contributed by atoms with van der Waals surface area (Å²) in [6, 6.07) is 3.95. The molecule has 0 unspecified atom stereocenters. The summed E-state index contributed by atoms with van der Waals surface area (Å²) in [5, 5.41) is 8.93. The van der Waals surface area contributed by atoms with Gasteiger partial charge >= 0.3 is 5.97 Å². The summed E-state index contributed by atoms with van der Waals surface area (Å²) >= 11 is 5.21. The summed E-state index contributed by atoms with van der Waals surface area (Å²) in [5.41, 5.74) is 1.24. The first-order valence-electron chi connectivity index (χ1n) is 5.91. The van der Waals surface area contributed by atoms with Crippen molar-refractivity contribution in [3.63, 3.8) is 0 Å². The summed E-state index contributed by atoms with van der Waals surface area (Å²) in [6.07, 6.45) is 4.14. The van der Waals surface area contributed by atoms with Crippen molar-refractivity contribution >= 4 is 18.2 Å². The Morgan fingerprint density at radius 3 is 2.84 bits per heavy atom. The molecule has 0 spiro atoms. The first-order valence-corrected chi connectivity index (χ1v) is 6.32. The van der Waals surface area contributed by atoms with Gasteiger partial charge in [0.15, 0.2) is 4.77 Å². The summed E-state index contributed by atoms with van der Waals surface area (Å²) in [5.74, 6) is -1.52. The summed E-state index contributed by atoms with van der Waals surface area (Å²) in [4.78, 5) is 14.0. The predicted molar refractivity (Wildman–Crippen MR) is 69.8 cm³/mol. The van der Waals surface area contributed by atoms with Crippen LogP contribution in [0.15, 0.2) is 24.4 Å². The molecule has 0 radical (unpaired) electrons. The van der Waals surface area contributed by atoms with Gasteiger partial charge in [-0.3, -0.25) is 4.57 Å². The number of nitrogens with zero attached hydrogens (tertiary/aromatic N) is 1. The van der Waals surface area contributed by atoms with Crippen LogP contribution in [0.5, 0.6) is 0 Å². The average molecular weight is 278 g/mol. The van der Waals surface area contributed by atoms with Gasteiger partial charge in [-0.1, -0.05) is 0 Å². The van der Waals surface area contributed by atoms with E-state index < -0.39 is 11.8 Å². The van der Waals surface area contributed by atoms with E-state index in [0.29, 0.717) is 16.4 Å². The molecule has 1 saturated carbocycles. The number of carboxylic acids is 1. The first kappa shape index (κ1) is 12.1. The molecule has 1 aliphatic carbocycles. The molecule has 0 amide bonds. The lowest BCUT2D eigenvalue weighted by molar-refractivity contribution is 0.0692. The van der Waals surface area contributed by atoms with E-state index >= 15 is 0 Å². The topological polar surface area (TPSA) is 58.0 Å². The zero-order valence-electron chi connectivity index (χ0n) is 9.89. The molecule has 1 fully saturated rings. The summed E-state index contributed by atoms with van der Waals surface area (Å²) < 4.78 is 15.5. The van der Waals surface area contributed by atoms with Crippen LogP contribution in [-0.4, -0.2) is 20.6 Å². The number of carbonyl (C=O) groups is 1. The number of carboxylic acid groups (broad SMARTS) is 1. The molecule has 0 aliphatic heterocycles. The molecule has 2 N–H and O–H groups in total. The second-order valence-corrected chi connectivity index (χ2v) is 5.01. The molecule has 6 heteroatoms. The van der Waals surface area contributed by atoms with Crippen molar-refractivity contribution in [3.8, 4) is 5.69 Å². The quantitative estimate of drug-likeness (QED) is 0.847. The number of hydrogen-bond acceptors (Lipinski definition) is 2. The Morgan fingerprint density at radius 1 is 1.47 bits per heavy atom. The molecule has 0 atom stereocenters. The van der Waals surface area contributed by atoms with E-state index in [1.54, 1.807) is 4.57 Å². The second-order valence-electron chi connectivity index (χ2n) is 4.63. The van der Waals surface area contributed by atoms with Crippen molar-refractivity contribution in [3.05, 3.63) is 46.2 Å². The highest BCUT2D eigenvalue weighted by molar-refractivity contribution is 7.71. The largest absolute Gasteiger partial charge is 0.478 e. The summed E-state index contributed by atoms with van der Waals surface area (Å²) in [6.45, 7) is 0. The summed E-state index contributed by atoms with van der Waals surface area (Å²) in [7, 11) is 0. The van der Waals surface area contributed by atoms with E-state index in [2.05, 4.69) is 4.98 Å². The van der Waals surface area contributed by atoms with Crippen LogP contribution in [0.1, 0.15) is 34.8 Å². The third kappa shape index (κ3) is 2.19. The smallest absolute Gasteiger partial charge is 0.338 e. The van der Waals surface area contributed by atoms with E-state index in [0.717, 1.165) is 24.6 Å². The van der Waals surface area contributed by atoms with Gasteiger partial charge in [0, 0.05) is 23.5 Å². The average Bonchev–Trinajstić information content (AvgIpc) is 3.14. The Labute approximate surface area is 113 Å². The van der Waals surface area contributed by atoms with Gasteiger partial charge in [0.25, 0.3) is 0 Å². The van der Waals surface area contributed by atoms with Crippen molar-refractivity contribution in [1.29, 1.82) is 0 Å². The van der Waals surface area contributed by atoms with E-state index in [4.69, 9.17) is 17.3 Å². The van der Waals surface area contributed by atoms with Crippen molar-refractivity contribution < 1.29 is 14.3 Å². The number of rotatable bonds is 3. The Bertz CT molecular complexity index is 716. The molecule has 19 heavy (non-hydrogen) atoms. The minimum atomic E-state index is -1.29. The number of aromatic nitrogens is 2. The van der Waals surface area contributed by atoms with Crippen LogP contribution >= 0.6 is 12.2 Å². The molecule has 1 aromatic heterocycles. The number of nitrogens with one attached hydrogen (secondary N) is 1. The lowest BCUT2D eigenvalue weighted by atomic mass is 10.2. The molecule has 0 saturated heterocycles. The van der Waals surface area contributed by atoms with Crippen molar-refractivity contribution in [2.45, 2.75) is 18.8 Å². The Kier molecular flexibility index (Phi) is 2.74. The molecule has 2 aromatic rings. The van der Waals surface area contributed by atoms with Crippen LogP contribution in [0.3, 0.4) is 0 Å². The third-order valence-electron chi connectivity index (χ3n) is 3.21. The molecular weight excluding hydrogens is 267 g/mol. The molecule has 0 bridgehead atoms. The van der Waals surface area contributed by atoms with Gasteiger partial charge < -0.3 is 10.1 Å². The molecule has 98 valence electrons. The van der Waals surface area contributed by atoms with Crippen LogP contribution in [0.2, 0.25) is 0 Å². The standard InChI is InChI=1S/C13H11FN2O2S/c14-10-4-3-8(5-9(10)12(17)18)16-6-11(7-1-2-7)15-13(16)19/h3-7H,1-2H2,(H,15,19)(H,17,18). The molecular formula is C13H11FN2O2S. The molecule has 1 aromatic carbocycles. The molecule has 3 rings (SSSR count). The maximum Gasteiger partial charge on any atom is 0.338 e. The molecule has 1 heterocycles. The van der Waals surface area contributed by atoms with Crippen LogP contribution < -0.4 is 0 Å². The van der Waals surface area contributed by atoms with Crippen LogP contribution in [0, 0.1) is 10.6 Å². The number of H-pyrrole nitrogens is 1. The van der Waals surface area contributed by atoms with Gasteiger partial charge in [-0.15, -0.1) is 0 Å². The zero-order valence-corrected chi connectivity index (χ0v) is 10.7. The second kappa shape index (κ2) is 4.31. The van der Waals surface area contributed by atoms with Gasteiger partial charge in [0.05, 0.1) is 5.56 Å². The van der Waals surface area contributed by atoms with Gasteiger partial charge in [-0.05, 0) is 43.3 Å². The number of imidazole rings is 1. The normalized spacial score (nSPS) is 14.6. The lowest BCUT2D eigenvalue weighted by Gasteiger charge is -2.04. The zero-order chi connectivity index (χ0) is 13.6. The Balaban J connectivity index is 2.08.